The predicted molar refractivity (Wildman–Crippen MR) is 59.1 cm³/mol. The molecule has 14 heavy (non-hydrogen) atoms. The van der Waals surface area contributed by atoms with Gasteiger partial charge in [0.1, 0.15) is 0 Å². The van der Waals surface area contributed by atoms with Crippen LogP contribution in [0.4, 0.5) is 0 Å². The van der Waals surface area contributed by atoms with Crippen molar-refractivity contribution in [1.82, 2.24) is 5.43 Å². The van der Waals surface area contributed by atoms with E-state index in [2.05, 4.69) is 10.5 Å². The Bertz CT molecular complexity index is 329. The van der Waals surface area contributed by atoms with Gasteiger partial charge in [-0.15, -0.1) is 0 Å². The monoisotopic (exact) mass is 232 g/mol. The Morgan fingerprint density at radius 1 is 1.43 bits per heavy atom. The standard InChI is InChI=1S/C9H10Cl2N2O/c10-8-2-1-7(9(11)5-8)6-13-12-3-4-14/h1-2,5-6,12,14H,3-4H2. The van der Waals surface area contributed by atoms with E-state index in [4.69, 9.17) is 28.3 Å². The van der Waals surface area contributed by atoms with Crippen molar-refractivity contribution in [2.45, 2.75) is 0 Å². The highest BCUT2D eigenvalue weighted by Gasteiger charge is 1.97. The van der Waals surface area contributed by atoms with Gasteiger partial charge in [-0.3, -0.25) is 0 Å². The molecule has 0 bridgehead atoms. The Morgan fingerprint density at radius 2 is 2.21 bits per heavy atom. The summed E-state index contributed by atoms with van der Waals surface area (Å²) < 4.78 is 0. The van der Waals surface area contributed by atoms with Crippen LogP contribution in [0.3, 0.4) is 0 Å². The topological polar surface area (TPSA) is 44.6 Å². The van der Waals surface area contributed by atoms with Crippen molar-refractivity contribution < 1.29 is 5.11 Å². The molecule has 0 fully saturated rings. The van der Waals surface area contributed by atoms with Crippen molar-refractivity contribution >= 4 is 29.4 Å². The van der Waals surface area contributed by atoms with Gasteiger partial charge in [0.25, 0.3) is 0 Å². The summed E-state index contributed by atoms with van der Waals surface area (Å²) in [7, 11) is 0. The molecule has 1 rings (SSSR count). The zero-order valence-electron chi connectivity index (χ0n) is 7.37. The van der Waals surface area contributed by atoms with Gasteiger partial charge in [0, 0.05) is 10.6 Å². The minimum atomic E-state index is 0.0473. The quantitative estimate of drug-likeness (QED) is 0.474. The molecule has 76 valence electrons. The minimum Gasteiger partial charge on any atom is -0.394 e. The minimum absolute atomic E-state index is 0.0473. The Hall–Kier alpha value is -0.770. The molecular formula is C9H10Cl2N2O. The van der Waals surface area contributed by atoms with Crippen LogP contribution in [-0.4, -0.2) is 24.5 Å². The molecule has 0 atom stereocenters. The first-order valence-electron chi connectivity index (χ1n) is 4.06. The molecule has 0 heterocycles. The number of aliphatic hydroxyl groups excluding tert-OH is 1. The van der Waals surface area contributed by atoms with Gasteiger partial charge < -0.3 is 10.5 Å². The lowest BCUT2D eigenvalue weighted by Crippen LogP contribution is -2.11. The SMILES string of the molecule is OCCNN=Cc1ccc(Cl)cc1Cl. The van der Waals surface area contributed by atoms with E-state index in [0.717, 1.165) is 5.56 Å². The average Bonchev–Trinajstić information content (AvgIpc) is 2.15. The van der Waals surface area contributed by atoms with Crippen LogP contribution in [0.1, 0.15) is 5.56 Å². The van der Waals surface area contributed by atoms with Crippen molar-refractivity contribution in [2.24, 2.45) is 5.10 Å². The first-order valence-corrected chi connectivity index (χ1v) is 4.81. The maximum Gasteiger partial charge on any atom is 0.0620 e. The van der Waals surface area contributed by atoms with E-state index < -0.39 is 0 Å². The van der Waals surface area contributed by atoms with Gasteiger partial charge in [0.2, 0.25) is 0 Å². The number of nitrogens with zero attached hydrogens (tertiary/aromatic N) is 1. The maximum absolute atomic E-state index is 8.47. The van der Waals surface area contributed by atoms with Crippen LogP contribution in [0.25, 0.3) is 0 Å². The van der Waals surface area contributed by atoms with Gasteiger partial charge in [-0.2, -0.15) is 5.10 Å². The molecule has 0 saturated carbocycles. The first kappa shape index (κ1) is 11.3. The van der Waals surface area contributed by atoms with Crippen LogP contribution in [0.15, 0.2) is 23.3 Å². The fourth-order valence-corrected chi connectivity index (χ4v) is 1.29. The number of rotatable bonds is 4. The first-order chi connectivity index (χ1) is 6.74. The average molecular weight is 233 g/mol. The van der Waals surface area contributed by atoms with E-state index in [1.165, 1.54) is 0 Å². The van der Waals surface area contributed by atoms with Crippen LogP contribution >= 0.6 is 23.2 Å². The van der Waals surface area contributed by atoms with Crippen LogP contribution < -0.4 is 5.43 Å². The van der Waals surface area contributed by atoms with E-state index in [9.17, 15) is 0 Å². The van der Waals surface area contributed by atoms with Crippen LogP contribution in [-0.2, 0) is 0 Å². The molecule has 0 radical (unpaired) electrons. The third kappa shape index (κ3) is 3.54. The van der Waals surface area contributed by atoms with Gasteiger partial charge in [0.15, 0.2) is 0 Å². The second kappa shape index (κ2) is 5.86. The Kier molecular flexibility index (Phi) is 4.73. The molecule has 0 unspecified atom stereocenters. The Morgan fingerprint density at radius 3 is 2.86 bits per heavy atom. The van der Waals surface area contributed by atoms with E-state index in [-0.39, 0.29) is 6.61 Å². The van der Waals surface area contributed by atoms with Crippen molar-refractivity contribution in [3.05, 3.63) is 33.8 Å². The largest absolute Gasteiger partial charge is 0.394 e. The highest BCUT2D eigenvalue weighted by molar-refractivity contribution is 6.36. The van der Waals surface area contributed by atoms with Gasteiger partial charge in [0.05, 0.1) is 24.4 Å². The summed E-state index contributed by atoms with van der Waals surface area (Å²) in [5.74, 6) is 0. The van der Waals surface area contributed by atoms with Gasteiger partial charge in [-0.25, -0.2) is 0 Å². The lowest BCUT2D eigenvalue weighted by molar-refractivity contribution is 0.294. The molecule has 2 N–H and O–H groups in total. The smallest absolute Gasteiger partial charge is 0.0620 e. The number of hydrazone groups is 1. The number of hydrogen-bond donors (Lipinski definition) is 2. The van der Waals surface area contributed by atoms with Crippen molar-refractivity contribution in [3.63, 3.8) is 0 Å². The summed E-state index contributed by atoms with van der Waals surface area (Å²) in [6.45, 7) is 0.466. The number of nitrogens with one attached hydrogen (secondary N) is 1. The third-order valence-corrected chi connectivity index (χ3v) is 2.04. The summed E-state index contributed by atoms with van der Waals surface area (Å²) in [4.78, 5) is 0. The predicted octanol–water partition coefficient (Wildman–Crippen LogP) is 1.91. The molecule has 0 aliphatic rings. The lowest BCUT2D eigenvalue weighted by Gasteiger charge is -1.98. The molecule has 1 aromatic carbocycles. The normalized spacial score (nSPS) is 10.8. The summed E-state index contributed by atoms with van der Waals surface area (Å²) in [6, 6.07) is 5.16. The van der Waals surface area contributed by atoms with Gasteiger partial charge in [-0.05, 0) is 12.1 Å². The fraction of sp³-hybridized carbons (Fsp3) is 0.222. The van der Waals surface area contributed by atoms with E-state index in [1.807, 2.05) is 0 Å². The molecule has 0 saturated heterocycles. The molecule has 0 amide bonds. The zero-order chi connectivity index (χ0) is 10.4. The summed E-state index contributed by atoms with van der Waals surface area (Å²) in [5.41, 5.74) is 3.43. The van der Waals surface area contributed by atoms with Crippen LogP contribution in [0.5, 0.6) is 0 Å². The summed E-state index contributed by atoms with van der Waals surface area (Å²) >= 11 is 11.6. The Balaban J connectivity index is 2.62. The van der Waals surface area contributed by atoms with Crippen molar-refractivity contribution in [1.29, 1.82) is 0 Å². The van der Waals surface area contributed by atoms with Crippen molar-refractivity contribution in [2.75, 3.05) is 13.2 Å². The maximum atomic E-state index is 8.47. The van der Waals surface area contributed by atoms with Crippen molar-refractivity contribution in [3.8, 4) is 0 Å². The second-order valence-corrected chi connectivity index (χ2v) is 3.40. The lowest BCUT2D eigenvalue weighted by atomic mass is 10.2. The zero-order valence-corrected chi connectivity index (χ0v) is 8.89. The van der Waals surface area contributed by atoms with E-state index in [1.54, 1.807) is 24.4 Å². The van der Waals surface area contributed by atoms with Crippen LogP contribution in [0, 0.1) is 0 Å². The molecule has 0 aliphatic heterocycles. The molecular weight excluding hydrogens is 223 g/mol. The van der Waals surface area contributed by atoms with Gasteiger partial charge in [-0.1, -0.05) is 29.3 Å². The number of benzene rings is 1. The third-order valence-electron chi connectivity index (χ3n) is 1.48. The summed E-state index contributed by atoms with van der Waals surface area (Å²) in [5, 5.41) is 13.5. The number of halogens is 2. The molecule has 5 heteroatoms. The Labute approximate surface area is 92.3 Å². The molecule has 3 nitrogen and oxygen atoms in total. The number of aliphatic hydroxyl groups is 1. The van der Waals surface area contributed by atoms with E-state index in [0.29, 0.717) is 16.6 Å². The highest BCUT2D eigenvalue weighted by Crippen LogP contribution is 2.19. The molecule has 0 spiro atoms. The van der Waals surface area contributed by atoms with Gasteiger partial charge >= 0.3 is 0 Å². The molecule has 0 aromatic heterocycles. The fourth-order valence-electron chi connectivity index (χ4n) is 0.836. The van der Waals surface area contributed by atoms with E-state index >= 15 is 0 Å². The highest BCUT2D eigenvalue weighted by atomic mass is 35.5. The number of hydrogen-bond acceptors (Lipinski definition) is 3. The van der Waals surface area contributed by atoms with Crippen LogP contribution in [0.2, 0.25) is 10.0 Å². The molecule has 0 aliphatic carbocycles. The summed E-state index contributed by atoms with van der Waals surface area (Å²) in [6.07, 6.45) is 1.58. The second-order valence-electron chi connectivity index (χ2n) is 2.56. The molecule has 1 aromatic rings.